The summed E-state index contributed by atoms with van der Waals surface area (Å²) in [6.45, 7) is 8.83. The standard InChI is InChI=1S/C33H39N3O6/c1-21(23-10-11-23)35(17-22-8-6-5-7-9-22)28(37)20-36-29(38)33(42-31(36)40)15-14-25-16-24(12-13-27(25)33)26-18-34(19-26)30(39)41-32(2,3)4/h5-9,12-13,16,21,23,26H,10-11,14-15,17-20H2,1-4H3/t21-,33+/m0/s1. The van der Waals surface area contributed by atoms with E-state index in [4.69, 9.17) is 9.47 Å². The van der Waals surface area contributed by atoms with Gasteiger partial charge in [-0.15, -0.1) is 0 Å². The van der Waals surface area contributed by atoms with E-state index in [0.717, 1.165) is 34.4 Å². The molecule has 222 valence electrons. The number of carbonyl (C=O) groups is 4. The Labute approximate surface area is 246 Å². The first kappa shape index (κ1) is 28.2. The van der Waals surface area contributed by atoms with Crippen molar-refractivity contribution in [3.63, 3.8) is 0 Å². The van der Waals surface area contributed by atoms with Crippen LogP contribution in [-0.2, 0) is 37.6 Å². The maximum Gasteiger partial charge on any atom is 0.418 e. The smallest absolute Gasteiger partial charge is 0.418 e. The van der Waals surface area contributed by atoms with Gasteiger partial charge >= 0.3 is 12.2 Å². The molecule has 0 unspecified atom stereocenters. The van der Waals surface area contributed by atoms with Gasteiger partial charge in [-0.2, -0.15) is 0 Å². The number of likely N-dealkylation sites (tertiary alicyclic amines) is 1. The number of ether oxygens (including phenoxy) is 2. The molecule has 2 aromatic carbocycles. The molecule has 3 fully saturated rings. The SMILES string of the molecule is C[C@@H](C1CC1)N(Cc1ccccc1)C(=O)CN1C(=O)O[C@@]2(CCc3cc(C4CN(C(=O)OC(C)(C)C)C4)ccc32)C1=O. The molecule has 2 atom stereocenters. The lowest BCUT2D eigenvalue weighted by Gasteiger charge is -2.40. The molecular weight excluding hydrogens is 534 g/mol. The van der Waals surface area contributed by atoms with Gasteiger partial charge in [-0.3, -0.25) is 9.59 Å². The Morgan fingerprint density at radius 3 is 2.48 bits per heavy atom. The molecule has 2 saturated heterocycles. The minimum atomic E-state index is -1.39. The molecule has 4 aliphatic rings. The van der Waals surface area contributed by atoms with Crippen molar-refractivity contribution in [1.82, 2.24) is 14.7 Å². The van der Waals surface area contributed by atoms with E-state index in [0.29, 0.717) is 44.0 Å². The Morgan fingerprint density at radius 2 is 1.81 bits per heavy atom. The highest BCUT2D eigenvalue weighted by molar-refractivity contribution is 6.06. The zero-order valence-electron chi connectivity index (χ0n) is 24.8. The first-order chi connectivity index (χ1) is 19.9. The van der Waals surface area contributed by atoms with Crippen molar-refractivity contribution in [2.75, 3.05) is 19.6 Å². The van der Waals surface area contributed by atoms with Crippen LogP contribution in [0, 0.1) is 5.92 Å². The molecule has 2 heterocycles. The van der Waals surface area contributed by atoms with Crippen LogP contribution in [0.5, 0.6) is 0 Å². The lowest BCUT2D eigenvalue weighted by atomic mass is 9.88. The van der Waals surface area contributed by atoms with Crippen molar-refractivity contribution in [2.45, 2.75) is 83.1 Å². The molecule has 42 heavy (non-hydrogen) atoms. The number of amides is 4. The van der Waals surface area contributed by atoms with Gasteiger partial charge in [0, 0.05) is 43.6 Å². The van der Waals surface area contributed by atoms with E-state index in [1.54, 1.807) is 9.80 Å². The molecule has 9 nitrogen and oxygen atoms in total. The topological polar surface area (TPSA) is 96.5 Å². The fourth-order valence-corrected chi connectivity index (χ4v) is 6.39. The van der Waals surface area contributed by atoms with Crippen molar-refractivity contribution < 1.29 is 28.7 Å². The molecule has 6 rings (SSSR count). The fraction of sp³-hybridized carbons (Fsp3) is 0.515. The summed E-state index contributed by atoms with van der Waals surface area (Å²) in [5.41, 5.74) is 1.82. The normalized spacial score (nSPS) is 22.6. The summed E-state index contributed by atoms with van der Waals surface area (Å²) in [5, 5.41) is 0. The van der Waals surface area contributed by atoms with Gasteiger partial charge in [0.2, 0.25) is 11.5 Å². The van der Waals surface area contributed by atoms with Crippen LogP contribution in [0.2, 0.25) is 0 Å². The maximum atomic E-state index is 13.8. The Kier molecular flexibility index (Phi) is 7.02. The lowest BCUT2D eigenvalue weighted by Crippen LogP contribution is -2.50. The molecule has 1 spiro atoms. The average Bonchev–Trinajstić information content (AvgIpc) is 3.66. The zero-order chi connectivity index (χ0) is 29.8. The molecule has 2 aliphatic heterocycles. The van der Waals surface area contributed by atoms with Crippen molar-refractivity contribution in [3.8, 4) is 0 Å². The predicted molar refractivity (Wildman–Crippen MR) is 154 cm³/mol. The fourth-order valence-electron chi connectivity index (χ4n) is 6.39. The average molecular weight is 574 g/mol. The van der Waals surface area contributed by atoms with E-state index in [1.165, 1.54) is 0 Å². The number of aryl methyl sites for hydroxylation is 1. The summed E-state index contributed by atoms with van der Waals surface area (Å²) in [7, 11) is 0. The number of carbonyl (C=O) groups excluding carboxylic acids is 4. The van der Waals surface area contributed by atoms with Gasteiger partial charge in [-0.25, -0.2) is 14.5 Å². The number of nitrogens with zero attached hydrogens (tertiary/aromatic N) is 3. The summed E-state index contributed by atoms with van der Waals surface area (Å²) < 4.78 is 11.3. The third-order valence-electron chi connectivity index (χ3n) is 8.99. The summed E-state index contributed by atoms with van der Waals surface area (Å²) in [6.07, 6.45) is 2.01. The third kappa shape index (κ3) is 5.25. The van der Waals surface area contributed by atoms with E-state index in [1.807, 2.05) is 70.2 Å². The third-order valence-corrected chi connectivity index (χ3v) is 8.99. The molecule has 4 amide bonds. The van der Waals surface area contributed by atoms with Crippen LogP contribution < -0.4 is 0 Å². The van der Waals surface area contributed by atoms with E-state index in [-0.39, 0.29) is 30.5 Å². The second kappa shape index (κ2) is 10.4. The predicted octanol–water partition coefficient (Wildman–Crippen LogP) is 4.97. The number of hydrogen-bond acceptors (Lipinski definition) is 6. The zero-order valence-corrected chi connectivity index (χ0v) is 24.8. The highest BCUT2D eigenvalue weighted by Gasteiger charge is 2.58. The van der Waals surface area contributed by atoms with Gasteiger partial charge in [0.15, 0.2) is 0 Å². The van der Waals surface area contributed by atoms with Crippen molar-refractivity contribution >= 4 is 24.0 Å². The molecule has 0 radical (unpaired) electrons. The van der Waals surface area contributed by atoms with E-state index in [9.17, 15) is 19.2 Å². The number of hydrogen-bond donors (Lipinski definition) is 0. The van der Waals surface area contributed by atoms with Crippen LogP contribution in [0.4, 0.5) is 9.59 Å². The summed E-state index contributed by atoms with van der Waals surface area (Å²) >= 11 is 0. The first-order valence-corrected chi connectivity index (χ1v) is 14.9. The monoisotopic (exact) mass is 573 g/mol. The van der Waals surface area contributed by atoms with Crippen LogP contribution in [0.1, 0.15) is 75.1 Å². The van der Waals surface area contributed by atoms with Gasteiger partial charge in [0.05, 0.1) is 0 Å². The van der Waals surface area contributed by atoms with Crippen molar-refractivity contribution in [1.29, 1.82) is 0 Å². The highest BCUT2D eigenvalue weighted by Crippen LogP contribution is 2.46. The molecule has 0 bridgehead atoms. The van der Waals surface area contributed by atoms with Crippen LogP contribution in [0.15, 0.2) is 48.5 Å². The van der Waals surface area contributed by atoms with Crippen molar-refractivity contribution in [3.05, 3.63) is 70.8 Å². The van der Waals surface area contributed by atoms with Gasteiger partial charge in [-0.05, 0) is 69.6 Å². The maximum absolute atomic E-state index is 13.8. The summed E-state index contributed by atoms with van der Waals surface area (Å²) in [5.74, 6) is -0.105. The molecular formula is C33H39N3O6. The Hall–Kier alpha value is -3.88. The summed E-state index contributed by atoms with van der Waals surface area (Å²) in [4.78, 5) is 57.3. The van der Waals surface area contributed by atoms with Gasteiger partial charge in [-0.1, -0.05) is 48.5 Å². The number of imide groups is 1. The lowest BCUT2D eigenvalue weighted by molar-refractivity contribution is -0.143. The largest absolute Gasteiger partial charge is 0.444 e. The first-order valence-electron chi connectivity index (χ1n) is 14.9. The van der Waals surface area contributed by atoms with E-state index >= 15 is 0 Å². The molecule has 1 saturated carbocycles. The minimum Gasteiger partial charge on any atom is -0.444 e. The second-order valence-electron chi connectivity index (χ2n) is 13.2. The molecule has 2 aromatic rings. The Bertz CT molecular complexity index is 1410. The van der Waals surface area contributed by atoms with Crippen LogP contribution >= 0.6 is 0 Å². The van der Waals surface area contributed by atoms with Crippen LogP contribution in [-0.4, -0.2) is 70.0 Å². The number of rotatable bonds is 7. The van der Waals surface area contributed by atoms with Gasteiger partial charge < -0.3 is 19.3 Å². The van der Waals surface area contributed by atoms with Gasteiger partial charge in [0.25, 0.3) is 5.91 Å². The van der Waals surface area contributed by atoms with Crippen LogP contribution in [0.3, 0.4) is 0 Å². The van der Waals surface area contributed by atoms with E-state index in [2.05, 4.69) is 6.07 Å². The molecule has 9 heteroatoms. The minimum absolute atomic E-state index is 0.0174. The molecule has 0 aromatic heterocycles. The molecule has 2 aliphatic carbocycles. The highest BCUT2D eigenvalue weighted by atomic mass is 16.6. The summed E-state index contributed by atoms with van der Waals surface area (Å²) in [6, 6.07) is 15.7. The van der Waals surface area contributed by atoms with Crippen molar-refractivity contribution in [2.24, 2.45) is 5.92 Å². The van der Waals surface area contributed by atoms with Crippen LogP contribution in [0.25, 0.3) is 0 Å². The Balaban J connectivity index is 1.14. The number of fused-ring (bicyclic) bond motifs is 2. The number of benzene rings is 2. The van der Waals surface area contributed by atoms with Gasteiger partial charge in [0.1, 0.15) is 12.1 Å². The molecule has 0 N–H and O–H groups in total. The quantitative estimate of drug-likeness (QED) is 0.464. The van der Waals surface area contributed by atoms with E-state index < -0.39 is 23.2 Å². The Morgan fingerprint density at radius 1 is 1.10 bits per heavy atom. The second-order valence-corrected chi connectivity index (χ2v) is 13.2.